The smallest absolute Gasteiger partial charge is 0.311 e. The predicted octanol–water partition coefficient (Wildman–Crippen LogP) is 5.11. The van der Waals surface area contributed by atoms with Crippen LogP contribution in [0.2, 0.25) is 0 Å². The molecule has 3 N–H and O–H groups in total. The van der Waals surface area contributed by atoms with Gasteiger partial charge in [0.25, 0.3) is 11.8 Å². The fourth-order valence-corrected chi connectivity index (χ4v) is 3.21. The van der Waals surface area contributed by atoms with E-state index in [2.05, 4.69) is 31.4 Å². The zero-order valence-corrected chi connectivity index (χ0v) is 19.2. The first-order valence-electron chi connectivity index (χ1n) is 10.4. The van der Waals surface area contributed by atoms with Crippen molar-refractivity contribution >= 4 is 28.9 Å². The van der Waals surface area contributed by atoms with E-state index < -0.39 is 16.7 Å². The number of phenols is 1. The number of amides is 2. The SMILES string of the molecule is COc1ccc(C(=O)Nc2ccc(NC(=O)c3ccc(C(C)(C)C)cc3)c(O)c2)cc1[N+](=O)[O-]. The lowest BCUT2D eigenvalue weighted by atomic mass is 9.87. The van der Waals surface area contributed by atoms with Crippen LogP contribution in [0, 0.1) is 10.1 Å². The molecular formula is C25H25N3O6. The number of ether oxygens (including phenoxy) is 1. The van der Waals surface area contributed by atoms with Gasteiger partial charge in [-0.25, -0.2) is 0 Å². The average Bonchev–Trinajstić information content (AvgIpc) is 2.79. The van der Waals surface area contributed by atoms with Crippen molar-refractivity contribution in [3.05, 3.63) is 87.5 Å². The largest absolute Gasteiger partial charge is 0.506 e. The Balaban J connectivity index is 1.71. The van der Waals surface area contributed by atoms with Crippen molar-refractivity contribution in [2.45, 2.75) is 26.2 Å². The van der Waals surface area contributed by atoms with Gasteiger partial charge in [-0.05, 0) is 47.4 Å². The molecule has 176 valence electrons. The first kappa shape index (κ1) is 24.2. The third-order valence-electron chi connectivity index (χ3n) is 5.15. The van der Waals surface area contributed by atoms with E-state index in [-0.39, 0.29) is 39.5 Å². The summed E-state index contributed by atoms with van der Waals surface area (Å²) < 4.78 is 4.93. The second-order valence-corrected chi connectivity index (χ2v) is 8.61. The quantitative estimate of drug-likeness (QED) is 0.264. The van der Waals surface area contributed by atoms with Gasteiger partial charge in [0.15, 0.2) is 5.75 Å². The zero-order chi connectivity index (χ0) is 25.0. The van der Waals surface area contributed by atoms with Crippen molar-refractivity contribution in [2.75, 3.05) is 17.7 Å². The van der Waals surface area contributed by atoms with E-state index >= 15 is 0 Å². The van der Waals surface area contributed by atoms with Gasteiger partial charge in [0, 0.05) is 28.9 Å². The fourth-order valence-electron chi connectivity index (χ4n) is 3.21. The molecular weight excluding hydrogens is 438 g/mol. The lowest BCUT2D eigenvalue weighted by Crippen LogP contribution is -2.15. The summed E-state index contributed by atoms with van der Waals surface area (Å²) in [5.41, 5.74) is 1.61. The van der Waals surface area contributed by atoms with Crippen LogP contribution in [0.25, 0.3) is 0 Å². The standard InChI is InChI=1S/C25H25N3O6/c1-25(2,3)17-8-5-15(6-9-17)23(30)27-19-11-10-18(14-21(19)29)26-24(31)16-7-12-22(34-4)20(13-16)28(32)33/h5-14,29H,1-4H3,(H,26,31)(H,27,30). The first-order valence-corrected chi connectivity index (χ1v) is 10.4. The van der Waals surface area contributed by atoms with Crippen molar-refractivity contribution in [3.63, 3.8) is 0 Å². The van der Waals surface area contributed by atoms with Gasteiger partial charge in [-0.1, -0.05) is 32.9 Å². The number of nitro benzene ring substituents is 1. The van der Waals surface area contributed by atoms with Gasteiger partial charge in [-0.2, -0.15) is 0 Å². The van der Waals surface area contributed by atoms with Crippen LogP contribution in [0.15, 0.2) is 60.7 Å². The van der Waals surface area contributed by atoms with Crippen molar-refractivity contribution in [1.29, 1.82) is 0 Å². The van der Waals surface area contributed by atoms with Crippen LogP contribution in [0.5, 0.6) is 11.5 Å². The monoisotopic (exact) mass is 463 g/mol. The van der Waals surface area contributed by atoms with Crippen molar-refractivity contribution in [1.82, 2.24) is 0 Å². The minimum absolute atomic E-state index is 0.0346. The fraction of sp³-hybridized carbons (Fsp3) is 0.200. The second-order valence-electron chi connectivity index (χ2n) is 8.61. The summed E-state index contributed by atoms with van der Waals surface area (Å²) in [5, 5.41) is 26.7. The maximum Gasteiger partial charge on any atom is 0.311 e. The molecule has 3 rings (SSSR count). The number of anilines is 2. The molecule has 0 unspecified atom stereocenters. The number of nitrogens with one attached hydrogen (secondary N) is 2. The lowest BCUT2D eigenvalue weighted by Gasteiger charge is -2.19. The highest BCUT2D eigenvalue weighted by atomic mass is 16.6. The topological polar surface area (TPSA) is 131 Å². The molecule has 3 aromatic rings. The highest BCUT2D eigenvalue weighted by molar-refractivity contribution is 6.06. The van der Waals surface area contributed by atoms with Crippen LogP contribution < -0.4 is 15.4 Å². The Hall–Kier alpha value is -4.40. The van der Waals surface area contributed by atoms with Gasteiger partial charge in [0.05, 0.1) is 17.7 Å². The van der Waals surface area contributed by atoms with Crippen LogP contribution in [0.3, 0.4) is 0 Å². The molecule has 0 saturated carbocycles. The Labute approximate surface area is 196 Å². The maximum absolute atomic E-state index is 12.6. The molecule has 0 heterocycles. The summed E-state index contributed by atoms with van der Waals surface area (Å²) in [7, 11) is 1.30. The average molecular weight is 463 g/mol. The van der Waals surface area contributed by atoms with Crippen LogP contribution in [-0.2, 0) is 5.41 Å². The summed E-state index contributed by atoms with van der Waals surface area (Å²) in [4.78, 5) is 35.6. The number of nitrogens with zero attached hydrogens (tertiary/aromatic N) is 1. The molecule has 3 aromatic carbocycles. The molecule has 0 aliphatic heterocycles. The maximum atomic E-state index is 12.6. The molecule has 0 radical (unpaired) electrons. The van der Waals surface area contributed by atoms with Crippen LogP contribution >= 0.6 is 0 Å². The number of benzene rings is 3. The Morgan fingerprint density at radius 2 is 1.53 bits per heavy atom. The molecule has 0 fully saturated rings. The molecule has 0 aliphatic carbocycles. The molecule has 0 spiro atoms. The van der Waals surface area contributed by atoms with E-state index in [0.29, 0.717) is 5.56 Å². The number of hydrogen-bond acceptors (Lipinski definition) is 6. The Bertz CT molecular complexity index is 1250. The normalized spacial score (nSPS) is 10.9. The number of aromatic hydroxyl groups is 1. The molecule has 0 atom stereocenters. The number of methoxy groups -OCH3 is 1. The molecule has 0 saturated heterocycles. The first-order chi connectivity index (χ1) is 16.0. The van der Waals surface area contributed by atoms with E-state index in [1.165, 1.54) is 37.4 Å². The minimum atomic E-state index is -0.643. The Kier molecular flexibility index (Phi) is 6.86. The van der Waals surface area contributed by atoms with E-state index in [9.17, 15) is 24.8 Å². The third kappa shape index (κ3) is 5.50. The summed E-state index contributed by atoms with van der Waals surface area (Å²) in [5.74, 6) is -1.22. The molecule has 0 aromatic heterocycles. The van der Waals surface area contributed by atoms with Crippen molar-refractivity contribution < 1.29 is 24.4 Å². The molecule has 0 bridgehead atoms. The predicted molar refractivity (Wildman–Crippen MR) is 129 cm³/mol. The van der Waals surface area contributed by atoms with Crippen molar-refractivity contribution in [2.24, 2.45) is 0 Å². The molecule has 0 aliphatic rings. The summed E-state index contributed by atoms with van der Waals surface area (Å²) in [6, 6.07) is 15.2. The number of carbonyl (C=O) groups excluding carboxylic acids is 2. The zero-order valence-electron chi connectivity index (χ0n) is 19.2. The number of rotatable bonds is 6. The van der Waals surface area contributed by atoms with Gasteiger partial charge in [0.2, 0.25) is 0 Å². The summed E-state index contributed by atoms with van der Waals surface area (Å²) in [6.07, 6.45) is 0. The highest BCUT2D eigenvalue weighted by Crippen LogP contribution is 2.30. The lowest BCUT2D eigenvalue weighted by molar-refractivity contribution is -0.385. The van der Waals surface area contributed by atoms with E-state index in [0.717, 1.165) is 11.6 Å². The van der Waals surface area contributed by atoms with E-state index in [4.69, 9.17) is 4.74 Å². The van der Waals surface area contributed by atoms with Crippen LogP contribution in [-0.4, -0.2) is 29.0 Å². The summed E-state index contributed by atoms with van der Waals surface area (Å²) >= 11 is 0. The molecule has 34 heavy (non-hydrogen) atoms. The molecule has 2 amide bonds. The van der Waals surface area contributed by atoms with Crippen LogP contribution in [0.4, 0.5) is 17.1 Å². The number of phenolic OH excluding ortho intramolecular Hbond substituents is 1. The van der Waals surface area contributed by atoms with Gasteiger partial charge >= 0.3 is 5.69 Å². The van der Waals surface area contributed by atoms with Gasteiger partial charge in [-0.3, -0.25) is 19.7 Å². The summed E-state index contributed by atoms with van der Waals surface area (Å²) in [6.45, 7) is 6.24. The van der Waals surface area contributed by atoms with Gasteiger partial charge in [-0.15, -0.1) is 0 Å². The Morgan fingerprint density at radius 3 is 2.09 bits per heavy atom. The van der Waals surface area contributed by atoms with E-state index in [1.807, 2.05) is 12.1 Å². The third-order valence-corrected chi connectivity index (χ3v) is 5.15. The molecule has 9 nitrogen and oxygen atoms in total. The van der Waals surface area contributed by atoms with Gasteiger partial charge < -0.3 is 20.5 Å². The van der Waals surface area contributed by atoms with E-state index in [1.54, 1.807) is 12.1 Å². The number of carbonyl (C=O) groups is 2. The number of nitro groups is 1. The molecule has 9 heteroatoms. The van der Waals surface area contributed by atoms with Crippen molar-refractivity contribution in [3.8, 4) is 11.5 Å². The minimum Gasteiger partial charge on any atom is -0.506 e. The van der Waals surface area contributed by atoms with Crippen LogP contribution in [0.1, 0.15) is 47.1 Å². The number of hydrogen-bond donors (Lipinski definition) is 3. The Morgan fingerprint density at radius 1 is 0.912 bits per heavy atom. The highest BCUT2D eigenvalue weighted by Gasteiger charge is 2.19. The van der Waals surface area contributed by atoms with Gasteiger partial charge in [0.1, 0.15) is 5.75 Å². The second kappa shape index (κ2) is 9.62.